The van der Waals surface area contributed by atoms with Crippen LogP contribution in [0.5, 0.6) is 0 Å². The Labute approximate surface area is 172 Å². The molecule has 0 aliphatic carbocycles. The van der Waals surface area contributed by atoms with Crippen molar-refractivity contribution in [2.75, 3.05) is 0 Å². The normalized spacial score (nSPS) is 11.3. The second-order valence-electron chi connectivity index (χ2n) is 5.78. The van der Waals surface area contributed by atoms with Crippen molar-refractivity contribution in [1.82, 2.24) is 20.0 Å². The van der Waals surface area contributed by atoms with Crippen LogP contribution in [0.4, 0.5) is 5.13 Å². The third-order valence-corrected chi connectivity index (χ3v) is 5.54. The van der Waals surface area contributed by atoms with Crippen molar-refractivity contribution in [3.05, 3.63) is 79.8 Å². The summed E-state index contributed by atoms with van der Waals surface area (Å²) in [7, 11) is 0. The van der Waals surface area contributed by atoms with E-state index >= 15 is 0 Å². The molecule has 2 aromatic carbocycles. The minimum Gasteiger partial charge on any atom is -0.295 e. The van der Waals surface area contributed by atoms with Gasteiger partial charge in [0.2, 0.25) is 5.13 Å². The van der Waals surface area contributed by atoms with E-state index in [4.69, 9.17) is 0 Å². The topological polar surface area (TPSA) is 75.9 Å². The molecule has 0 unspecified atom stereocenters. The van der Waals surface area contributed by atoms with Crippen LogP contribution in [-0.2, 0) is 0 Å². The van der Waals surface area contributed by atoms with Gasteiger partial charge in [-0.1, -0.05) is 41.7 Å². The van der Waals surface area contributed by atoms with E-state index in [1.54, 1.807) is 6.21 Å². The summed E-state index contributed by atoms with van der Waals surface area (Å²) in [5, 5.41) is 12.7. The van der Waals surface area contributed by atoms with E-state index in [-0.39, 0.29) is 5.56 Å². The van der Waals surface area contributed by atoms with Crippen molar-refractivity contribution < 1.29 is 0 Å². The van der Waals surface area contributed by atoms with Crippen molar-refractivity contribution in [1.29, 1.82) is 0 Å². The van der Waals surface area contributed by atoms with E-state index in [9.17, 15) is 4.79 Å². The van der Waals surface area contributed by atoms with Gasteiger partial charge in [-0.2, -0.15) is 0 Å². The summed E-state index contributed by atoms with van der Waals surface area (Å²) in [5.41, 5.74) is 2.88. The average molecular weight is 487 g/mol. The SMILES string of the molecule is Cc1[nH]n(-c2ccc(I)cc2)c(=O)c1/C=N/c1nnc(-c2ccccc2)s1. The predicted octanol–water partition coefficient (Wildman–Crippen LogP) is 4.35. The molecule has 27 heavy (non-hydrogen) atoms. The highest BCUT2D eigenvalue weighted by molar-refractivity contribution is 14.1. The second-order valence-corrected chi connectivity index (χ2v) is 7.98. The first-order chi connectivity index (χ1) is 13.1. The molecule has 0 aliphatic rings. The molecule has 2 heterocycles. The molecule has 0 fully saturated rings. The van der Waals surface area contributed by atoms with Gasteiger partial charge in [0.05, 0.1) is 11.3 Å². The van der Waals surface area contributed by atoms with E-state index in [1.165, 1.54) is 16.0 Å². The van der Waals surface area contributed by atoms with Crippen LogP contribution < -0.4 is 5.56 Å². The number of hydrogen-bond acceptors (Lipinski definition) is 5. The molecule has 0 saturated heterocycles. The third-order valence-electron chi connectivity index (χ3n) is 3.94. The fraction of sp³-hybridized carbons (Fsp3) is 0.0526. The fourth-order valence-electron chi connectivity index (χ4n) is 2.57. The van der Waals surface area contributed by atoms with Crippen LogP contribution in [0.1, 0.15) is 11.3 Å². The third kappa shape index (κ3) is 3.76. The summed E-state index contributed by atoms with van der Waals surface area (Å²) >= 11 is 3.61. The maximum absolute atomic E-state index is 12.7. The number of halogens is 1. The predicted molar refractivity (Wildman–Crippen MR) is 116 cm³/mol. The molecule has 1 N–H and O–H groups in total. The highest BCUT2D eigenvalue weighted by Crippen LogP contribution is 2.27. The molecule has 8 heteroatoms. The van der Waals surface area contributed by atoms with Gasteiger partial charge in [0.25, 0.3) is 5.56 Å². The summed E-state index contributed by atoms with van der Waals surface area (Å²) in [4.78, 5) is 17.1. The molecule has 0 spiro atoms. The molecule has 134 valence electrons. The highest BCUT2D eigenvalue weighted by atomic mass is 127. The molecule has 0 bridgehead atoms. The van der Waals surface area contributed by atoms with Crippen LogP contribution in [0.2, 0.25) is 0 Å². The van der Waals surface area contributed by atoms with E-state index in [1.807, 2.05) is 61.5 Å². The number of hydrogen-bond donors (Lipinski definition) is 1. The lowest BCUT2D eigenvalue weighted by Crippen LogP contribution is -2.17. The van der Waals surface area contributed by atoms with Crippen LogP contribution in [-0.4, -0.2) is 26.2 Å². The zero-order chi connectivity index (χ0) is 18.8. The highest BCUT2D eigenvalue weighted by Gasteiger charge is 2.11. The summed E-state index contributed by atoms with van der Waals surface area (Å²) in [6, 6.07) is 17.5. The summed E-state index contributed by atoms with van der Waals surface area (Å²) in [5.74, 6) is 0. The first-order valence-corrected chi connectivity index (χ1v) is 10.0. The average Bonchev–Trinajstić information content (AvgIpc) is 3.27. The molecule has 0 amide bonds. The van der Waals surface area contributed by atoms with E-state index in [2.05, 4.69) is 42.9 Å². The Hall–Kier alpha value is -2.59. The van der Waals surface area contributed by atoms with Gasteiger partial charge in [-0.05, 0) is 53.8 Å². The number of nitrogens with zero attached hydrogens (tertiary/aromatic N) is 4. The molecule has 0 atom stereocenters. The van der Waals surface area contributed by atoms with Crippen molar-refractivity contribution in [2.45, 2.75) is 6.92 Å². The quantitative estimate of drug-likeness (QED) is 0.344. The lowest BCUT2D eigenvalue weighted by atomic mass is 10.2. The van der Waals surface area contributed by atoms with Crippen molar-refractivity contribution >= 4 is 45.3 Å². The number of nitrogens with one attached hydrogen (secondary N) is 1. The molecule has 4 rings (SSSR count). The van der Waals surface area contributed by atoms with Crippen LogP contribution in [0.3, 0.4) is 0 Å². The minimum absolute atomic E-state index is 0.148. The molecule has 4 aromatic rings. The molecule has 0 aliphatic heterocycles. The minimum atomic E-state index is -0.148. The number of aromatic nitrogens is 4. The van der Waals surface area contributed by atoms with Crippen LogP contribution in [0, 0.1) is 10.5 Å². The smallest absolute Gasteiger partial charge is 0.280 e. The number of aryl methyl sites for hydroxylation is 1. The number of H-pyrrole nitrogens is 1. The summed E-state index contributed by atoms with van der Waals surface area (Å²) < 4.78 is 2.63. The lowest BCUT2D eigenvalue weighted by Gasteiger charge is -2.00. The van der Waals surface area contributed by atoms with Crippen LogP contribution in [0.25, 0.3) is 16.3 Å². The van der Waals surface area contributed by atoms with Crippen LogP contribution >= 0.6 is 33.9 Å². The summed E-state index contributed by atoms with van der Waals surface area (Å²) in [6.45, 7) is 1.85. The lowest BCUT2D eigenvalue weighted by molar-refractivity contribution is 0.835. The van der Waals surface area contributed by atoms with E-state index in [0.717, 1.165) is 25.5 Å². The maximum atomic E-state index is 12.7. The molecule has 2 aromatic heterocycles. The Balaban J connectivity index is 1.63. The Morgan fingerprint density at radius 2 is 1.85 bits per heavy atom. The van der Waals surface area contributed by atoms with Gasteiger partial charge in [0.15, 0.2) is 0 Å². The van der Waals surface area contributed by atoms with Crippen molar-refractivity contribution in [3.63, 3.8) is 0 Å². The van der Waals surface area contributed by atoms with Crippen molar-refractivity contribution in [3.8, 4) is 16.3 Å². The standard InChI is InChI=1S/C19H14IN5OS/c1-12-16(18(26)25(24-12)15-9-7-14(20)8-10-15)11-21-19-23-22-17(27-19)13-5-3-2-4-6-13/h2-11,24H,1H3/b21-11+. The Kier molecular flexibility index (Phi) is 4.99. The van der Waals surface area contributed by atoms with Crippen LogP contribution in [0.15, 0.2) is 64.4 Å². The van der Waals surface area contributed by atoms with Gasteiger partial charge in [0, 0.05) is 21.0 Å². The molecular formula is C19H14IN5OS. The van der Waals surface area contributed by atoms with Crippen molar-refractivity contribution in [2.24, 2.45) is 4.99 Å². The van der Waals surface area contributed by atoms with Gasteiger partial charge < -0.3 is 0 Å². The Morgan fingerprint density at radius 3 is 2.59 bits per heavy atom. The fourth-order valence-corrected chi connectivity index (χ4v) is 3.62. The second kappa shape index (κ2) is 7.57. The molecule has 6 nitrogen and oxygen atoms in total. The van der Waals surface area contributed by atoms with Gasteiger partial charge in [-0.25, -0.2) is 9.67 Å². The molecule has 0 radical (unpaired) electrons. The first-order valence-electron chi connectivity index (χ1n) is 8.12. The largest absolute Gasteiger partial charge is 0.295 e. The monoisotopic (exact) mass is 487 g/mol. The van der Waals surface area contributed by atoms with Gasteiger partial charge >= 0.3 is 0 Å². The molecule has 0 saturated carbocycles. The number of aromatic amines is 1. The van der Waals surface area contributed by atoms with Gasteiger partial charge in [-0.15, -0.1) is 10.2 Å². The maximum Gasteiger partial charge on any atom is 0.280 e. The number of rotatable bonds is 4. The number of aliphatic imine (C=N–C) groups is 1. The number of benzene rings is 2. The zero-order valence-corrected chi connectivity index (χ0v) is 17.2. The van der Waals surface area contributed by atoms with Gasteiger partial charge in [-0.3, -0.25) is 9.89 Å². The summed E-state index contributed by atoms with van der Waals surface area (Å²) in [6.07, 6.45) is 1.55. The van der Waals surface area contributed by atoms with E-state index in [0.29, 0.717) is 10.7 Å². The zero-order valence-electron chi connectivity index (χ0n) is 14.3. The molecular weight excluding hydrogens is 473 g/mol. The Morgan fingerprint density at radius 1 is 1.11 bits per heavy atom. The van der Waals surface area contributed by atoms with Gasteiger partial charge in [0.1, 0.15) is 5.01 Å². The first kappa shape index (κ1) is 17.8. The Bertz CT molecular complexity index is 1160. The van der Waals surface area contributed by atoms with E-state index < -0.39 is 0 Å².